The van der Waals surface area contributed by atoms with E-state index in [1.165, 1.54) is 22.7 Å². The summed E-state index contributed by atoms with van der Waals surface area (Å²) < 4.78 is 46.0. The highest BCUT2D eigenvalue weighted by Crippen LogP contribution is 2.33. The number of aliphatic carboxylic acids is 1. The molecule has 0 aliphatic rings. The molecule has 0 saturated carbocycles. The molecular weight excluding hydrogens is 732 g/mol. The minimum Gasteiger partial charge on any atom is -0.486 e. The Labute approximate surface area is 307 Å². The molecule has 266 valence electrons. The Balaban J connectivity index is 0.000000176. The van der Waals surface area contributed by atoms with Crippen molar-refractivity contribution in [1.82, 2.24) is 4.98 Å². The van der Waals surface area contributed by atoms with Gasteiger partial charge in [-0.2, -0.15) is 13.2 Å². The lowest BCUT2D eigenvalue weighted by Crippen LogP contribution is -2.21. The van der Waals surface area contributed by atoms with Gasteiger partial charge in [0.15, 0.2) is 0 Å². The maximum atomic E-state index is 10.6. The first-order valence-electron chi connectivity index (χ1n) is 15.2. The second-order valence-corrected chi connectivity index (χ2v) is 13.9. The molecule has 0 radical (unpaired) electrons. The highest BCUT2D eigenvalue weighted by molar-refractivity contribution is 7.21. The molecule has 4 aromatic carbocycles. The van der Waals surface area contributed by atoms with E-state index < -0.39 is 12.1 Å². The molecule has 7 N–H and O–H groups in total. The van der Waals surface area contributed by atoms with Crippen LogP contribution in [-0.2, 0) is 11.4 Å². The van der Waals surface area contributed by atoms with Gasteiger partial charge in [0.05, 0.1) is 9.75 Å². The Morgan fingerprint density at radius 1 is 0.769 bits per heavy atom. The predicted octanol–water partition coefficient (Wildman–Crippen LogP) is 9.21. The van der Waals surface area contributed by atoms with Crippen LogP contribution in [0.3, 0.4) is 0 Å². The zero-order chi connectivity index (χ0) is 37.3. The molecule has 0 aliphatic carbocycles. The van der Waals surface area contributed by atoms with Crippen LogP contribution in [0, 0.1) is 10.8 Å². The van der Waals surface area contributed by atoms with Crippen LogP contribution in [0.15, 0.2) is 121 Å². The summed E-state index contributed by atoms with van der Waals surface area (Å²) in [4.78, 5) is 14.6. The van der Waals surface area contributed by atoms with Crippen molar-refractivity contribution in [3.8, 4) is 11.5 Å². The first-order chi connectivity index (χ1) is 24.9. The molecule has 7 aromatic rings. The van der Waals surface area contributed by atoms with Gasteiger partial charge in [-0.05, 0) is 70.4 Å². The molecule has 0 aliphatic heterocycles. The number of carboxylic acids is 1. The van der Waals surface area contributed by atoms with Crippen molar-refractivity contribution in [3.63, 3.8) is 0 Å². The van der Waals surface area contributed by atoms with Gasteiger partial charge in [0.1, 0.15) is 40.9 Å². The van der Waals surface area contributed by atoms with E-state index in [-0.39, 0.29) is 17.8 Å². The fraction of sp³-hybridized carbons (Fsp3) is 0.0811. The van der Waals surface area contributed by atoms with Crippen molar-refractivity contribution in [2.24, 2.45) is 11.5 Å². The van der Waals surface area contributed by atoms with Gasteiger partial charge >= 0.3 is 12.1 Å². The van der Waals surface area contributed by atoms with Crippen LogP contribution in [0.4, 0.5) is 13.2 Å². The average Bonchev–Trinajstić information content (AvgIpc) is 3.91. The van der Waals surface area contributed by atoms with Crippen LogP contribution in [0.5, 0.6) is 11.5 Å². The number of benzene rings is 4. The van der Waals surface area contributed by atoms with Gasteiger partial charge in [-0.25, -0.2) is 9.78 Å². The van der Waals surface area contributed by atoms with Crippen molar-refractivity contribution >= 4 is 71.8 Å². The molecule has 0 saturated heterocycles. The fourth-order valence-electron chi connectivity index (χ4n) is 4.64. The summed E-state index contributed by atoms with van der Waals surface area (Å²) in [5.74, 6) is -0.953. The predicted molar refractivity (Wildman–Crippen MR) is 201 cm³/mol. The third-order valence-electron chi connectivity index (χ3n) is 7.06. The maximum absolute atomic E-state index is 10.6. The lowest BCUT2D eigenvalue weighted by molar-refractivity contribution is -0.192. The number of nitrogens with two attached hydrogens (primary N) is 2. The van der Waals surface area contributed by atoms with Gasteiger partial charge in [-0.3, -0.25) is 10.8 Å². The van der Waals surface area contributed by atoms with E-state index in [4.69, 9.17) is 41.7 Å². The van der Waals surface area contributed by atoms with Crippen molar-refractivity contribution in [2.75, 3.05) is 0 Å². The van der Waals surface area contributed by atoms with E-state index in [9.17, 15) is 13.2 Å². The number of alkyl halides is 3. The average molecular weight is 762 g/mol. The van der Waals surface area contributed by atoms with Gasteiger partial charge in [-0.1, -0.05) is 60.7 Å². The van der Waals surface area contributed by atoms with E-state index in [2.05, 4.69) is 29.2 Å². The van der Waals surface area contributed by atoms with Gasteiger partial charge in [0.25, 0.3) is 0 Å². The first kappa shape index (κ1) is 37.5. The number of thiophene rings is 2. The maximum Gasteiger partial charge on any atom is 0.490 e. The number of halogens is 3. The van der Waals surface area contributed by atoms with Crippen LogP contribution in [0.2, 0.25) is 0 Å². The molecule has 0 fully saturated rings. The molecule has 0 unspecified atom stereocenters. The normalized spacial score (nSPS) is 10.9. The smallest absolute Gasteiger partial charge is 0.486 e. The minimum atomic E-state index is -5.08. The number of ether oxygens (including phenoxy) is 2. The van der Waals surface area contributed by atoms with Gasteiger partial charge in [-0.15, -0.1) is 34.0 Å². The summed E-state index contributed by atoms with van der Waals surface area (Å²) in [6.45, 7) is 0.480. The molecule has 3 heterocycles. The van der Waals surface area contributed by atoms with Gasteiger partial charge in [0.2, 0.25) is 0 Å². The van der Waals surface area contributed by atoms with E-state index in [1.54, 1.807) is 17.5 Å². The number of thiazole rings is 1. The Bertz CT molecular complexity index is 2240. The van der Waals surface area contributed by atoms with Crippen LogP contribution < -0.4 is 20.9 Å². The first-order valence-corrected chi connectivity index (χ1v) is 17.7. The van der Waals surface area contributed by atoms with Crippen LogP contribution in [0.25, 0.3) is 20.2 Å². The largest absolute Gasteiger partial charge is 0.490 e. The van der Waals surface area contributed by atoms with E-state index >= 15 is 0 Å². The zero-order valence-electron chi connectivity index (χ0n) is 27.0. The molecule has 52 heavy (non-hydrogen) atoms. The Kier molecular flexibility index (Phi) is 12.2. The standard InChI is InChI=1S/C22H18N2OS.C13H11N3OS2.C2HF3O2/c23-22(24)20-13-17-11-12-18(14-19(17)26-20)25-21(15-7-3-1-4-8-15)16-9-5-2-6-10-16;14-13(15)11-5-8-1-2-9(6-10(8)19-11)17-7-12-16-3-4-18-12;3-2(4,5)1(6)7/h1-14,21H,(H3,23,24);1-6H,7H2,(H3,14,15);(H,6,7). The molecule has 7 rings (SSSR count). The van der Waals surface area contributed by atoms with Crippen molar-refractivity contribution in [2.45, 2.75) is 18.9 Å². The SMILES string of the molecule is N=C(N)c1cc2ccc(OC(c3ccccc3)c3ccccc3)cc2s1.N=C(N)c1cc2ccc(OCc3nccs3)cc2s1.O=C(O)C(F)(F)F. The lowest BCUT2D eigenvalue weighted by Gasteiger charge is -2.20. The van der Waals surface area contributed by atoms with E-state index in [0.717, 1.165) is 57.6 Å². The number of hydrogen-bond donors (Lipinski definition) is 5. The number of fused-ring (bicyclic) bond motifs is 2. The zero-order valence-corrected chi connectivity index (χ0v) is 29.4. The number of rotatable bonds is 9. The second kappa shape index (κ2) is 17.0. The number of carbonyl (C=O) groups is 1. The number of carboxylic acid groups (broad SMARTS) is 1. The molecule has 15 heteroatoms. The number of nitrogens with zero attached hydrogens (tertiary/aromatic N) is 1. The van der Waals surface area contributed by atoms with Crippen LogP contribution >= 0.6 is 34.0 Å². The summed E-state index contributed by atoms with van der Waals surface area (Å²) in [5, 5.41) is 27.2. The van der Waals surface area contributed by atoms with Crippen LogP contribution in [0.1, 0.15) is 32.0 Å². The molecular formula is C37H30F3N5O4S3. The molecule has 3 aromatic heterocycles. The fourth-order valence-corrected chi connectivity index (χ4v) is 7.07. The van der Waals surface area contributed by atoms with Gasteiger partial charge in [0, 0.05) is 21.0 Å². The molecule has 0 amide bonds. The van der Waals surface area contributed by atoms with E-state index in [1.807, 2.05) is 90.3 Å². The summed E-state index contributed by atoms with van der Waals surface area (Å²) in [7, 11) is 0. The number of hydrogen-bond acceptors (Lipinski definition) is 9. The molecule has 0 atom stereocenters. The number of aromatic nitrogens is 1. The Morgan fingerprint density at radius 3 is 1.69 bits per heavy atom. The van der Waals surface area contributed by atoms with Crippen molar-refractivity contribution in [3.05, 3.63) is 147 Å². The monoisotopic (exact) mass is 761 g/mol. The second-order valence-electron chi connectivity index (χ2n) is 10.8. The molecule has 0 bridgehead atoms. The summed E-state index contributed by atoms with van der Waals surface area (Å²) in [6, 6.07) is 36.2. The number of amidine groups is 2. The molecule has 0 spiro atoms. The van der Waals surface area contributed by atoms with Crippen molar-refractivity contribution < 1.29 is 32.5 Å². The minimum absolute atomic E-state index is 0.0973. The highest BCUT2D eigenvalue weighted by Gasteiger charge is 2.38. The lowest BCUT2D eigenvalue weighted by atomic mass is 10.0. The Morgan fingerprint density at radius 2 is 1.25 bits per heavy atom. The summed E-state index contributed by atoms with van der Waals surface area (Å²) in [6.07, 6.45) is -3.49. The third kappa shape index (κ3) is 10.2. The molecule has 9 nitrogen and oxygen atoms in total. The van der Waals surface area contributed by atoms with Crippen LogP contribution in [-0.4, -0.2) is 33.9 Å². The number of nitrogen functional groups attached to an aromatic ring is 2. The topological polar surface area (TPSA) is 168 Å². The quantitative estimate of drug-likeness (QED) is 0.0722. The highest BCUT2D eigenvalue weighted by atomic mass is 32.1. The van der Waals surface area contributed by atoms with Crippen molar-refractivity contribution in [1.29, 1.82) is 10.8 Å². The summed E-state index contributed by atoms with van der Waals surface area (Å²) >= 11 is 4.58. The third-order valence-corrected chi connectivity index (χ3v) is 10.1. The van der Waals surface area contributed by atoms with Gasteiger partial charge < -0.3 is 26.0 Å². The number of nitrogens with one attached hydrogen (secondary N) is 2. The Hall–Kier alpha value is -5.77. The van der Waals surface area contributed by atoms with E-state index in [0.29, 0.717) is 6.61 Å². The summed E-state index contributed by atoms with van der Waals surface area (Å²) in [5.41, 5.74) is 13.3.